The van der Waals surface area contributed by atoms with Crippen LogP contribution in [-0.2, 0) is 24.2 Å². The molecule has 3 nitrogen and oxygen atoms in total. The highest BCUT2D eigenvalue weighted by Crippen LogP contribution is 2.26. The molecule has 0 unspecified atom stereocenters. The molecule has 0 bridgehead atoms. The summed E-state index contributed by atoms with van der Waals surface area (Å²) >= 11 is 3.58. The van der Waals surface area contributed by atoms with E-state index in [0.717, 1.165) is 23.0 Å². The van der Waals surface area contributed by atoms with Gasteiger partial charge in [0.2, 0.25) is 5.91 Å². The van der Waals surface area contributed by atoms with E-state index < -0.39 is 6.04 Å². The summed E-state index contributed by atoms with van der Waals surface area (Å²) in [6, 6.07) is 15.7. The molecular weight excluding hydrogens is 340 g/mol. The minimum absolute atomic E-state index is 0.0326. The lowest BCUT2D eigenvalue weighted by Crippen LogP contribution is -2.46. The molecule has 2 aromatic rings. The zero-order valence-electron chi connectivity index (χ0n) is 12.3. The molecule has 1 aliphatic rings. The second-order valence-electron chi connectivity index (χ2n) is 5.68. The Bertz CT molecular complexity index is 672. The Morgan fingerprint density at radius 3 is 2.73 bits per heavy atom. The SMILES string of the molecule is N[C@@H](Cc1ccccc1)C(=O)N1CCc2cccc(Br)c2C1. The average molecular weight is 359 g/mol. The fourth-order valence-corrected chi connectivity index (χ4v) is 3.45. The van der Waals surface area contributed by atoms with Gasteiger partial charge in [0.25, 0.3) is 0 Å². The molecule has 1 amide bonds. The van der Waals surface area contributed by atoms with Crippen LogP contribution in [0.3, 0.4) is 0 Å². The number of fused-ring (bicyclic) bond motifs is 1. The summed E-state index contributed by atoms with van der Waals surface area (Å²) in [6.45, 7) is 1.38. The fraction of sp³-hybridized carbons (Fsp3) is 0.278. The average Bonchev–Trinajstić information content (AvgIpc) is 2.55. The van der Waals surface area contributed by atoms with Crippen LogP contribution in [0, 0.1) is 0 Å². The maximum Gasteiger partial charge on any atom is 0.240 e. The topological polar surface area (TPSA) is 46.3 Å². The Kier molecular flexibility index (Phi) is 4.60. The van der Waals surface area contributed by atoms with Crippen LogP contribution in [0.1, 0.15) is 16.7 Å². The molecular formula is C18H19BrN2O. The van der Waals surface area contributed by atoms with Crippen LogP contribution in [0.4, 0.5) is 0 Å². The van der Waals surface area contributed by atoms with Gasteiger partial charge in [-0.2, -0.15) is 0 Å². The monoisotopic (exact) mass is 358 g/mol. The zero-order valence-corrected chi connectivity index (χ0v) is 13.9. The Labute approximate surface area is 139 Å². The van der Waals surface area contributed by atoms with Gasteiger partial charge in [-0.25, -0.2) is 0 Å². The van der Waals surface area contributed by atoms with Gasteiger partial charge in [0.05, 0.1) is 6.04 Å². The predicted octanol–water partition coefficient (Wildman–Crippen LogP) is 2.90. The number of amides is 1. The number of carbonyl (C=O) groups is 1. The van der Waals surface area contributed by atoms with Gasteiger partial charge in [-0.1, -0.05) is 58.4 Å². The molecule has 0 fully saturated rings. The van der Waals surface area contributed by atoms with Gasteiger partial charge in [0, 0.05) is 17.6 Å². The van der Waals surface area contributed by atoms with Crippen molar-refractivity contribution in [1.29, 1.82) is 0 Å². The summed E-state index contributed by atoms with van der Waals surface area (Å²) in [5, 5.41) is 0. The minimum atomic E-state index is -0.480. The van der Waals surface area contributed by atoms with Crippen molar-refractivity contribution in [2.24, 2.45) is 5.73 Å². The quantitative estimate of drug-likeness (QED) is 0.916. The molecule has 0 spiro atoms. The van der Waals surface area contributed by atoms with Crippen molar-refractivity contribution in [2.75, 3.05) is 6.54 Å². The standard InChI is InChI=1S/C18H19BrN2O/c19-16-8-4-7-14-9-10-21(12-15(14)16)18(22)17(20)11-13-5-2-1-3-6-13/h1-8,17H,9-12,20H2/t17-/m0/s1. The van der Waals surface area contributed by atoms with Gasteiger partial charge < -0.3 is 10.6 Å². The molecule has 0 aliphatic carbocycles. The predicted molar refractivity (Wildman–Crippen MR) is 91.4 cm³/mol. The van der Waals surface area contributed by atoms with E-state index in [9.17, 15) is 4.79 Å². The lowest BCUT2D eigenvalue weighted by atomic mass is 9.98. The first-order valence-corrected chi connectivity index (χ1v) is 8.29. The molecule has 22 heavy (non-hydrogen) atoms. The van der Waals surface area contributed by atoms with Gasteiger partial charge in [0.1, 0.15) is 0 Å². The fourth-order valence-electron chi connectivity index (χ4n) is 2.92. The second-order valence-corrected chi connectivity index (χ2v) is 6.54. The molecule has 1 heterocycles. The number of hydrogen-bond acceptors (Lipinski definition) is 2. The van der Waals surface area contributed by atoms with E-state index in [2.05, 4.69) is 22.0 Å². The largest absolute Gasteiger partial charge is 0.337 e. The van der Waals surface area contributed by atoms with Crippen LogP contribution in [0.5, 0.6) is 0 Å². The van der Waals surface area contributed by atoms with E-state index in [1.807, 2.05) is 47.4 Å². The lowest BCUT2D eigenvalue weighted by Gasteiger charge is -2.31. The maximum absolute atomic E-state index is 12.6. The smallest absolute Gasteiger partial charge is 0.240 e. The van der Waals surface area contributed by atoms with Crippen molar-refractivity contribution in [3.8, 4) is 0 Å². The molecule has 0 aromatic heterocycles. The number of hydrogen-bond donors (Lipinski definition) is 1. The van der Waals surface area contributed by atoms with Crippen molar-refractivity contribution >= 4 is 21.8 Å². The molecule has 1 aliphatic heterocycles. The van der Waals surface area contributed by atoms with Gasteiger partial charge in [0.15, 0.2) is 0 Å². The summed E-state index contributed by atoms with van der Waals surface area (Å²) in [5.41, 5.74) is 9.75. The molecule has 1 atom stereocenters. The van der Waals surface area contributed by atoms with Crippen molar-refractivity contribution in [3.05, 3.63) is 69.7 Å². The van der Waals surface area contributed by atoms with E-state index >= 15 is 0 Å². The van der Waals surface area contributed by atoms with Crippen LogP contribution < -0.4 is 5.73 Å². The third kappa shape index (κ3) is 3.23. The minimum Gasteiger partial charge on any atom is -0.337 e. The van der Waals surface area contributed by atoms with Crippen molar-refractivity contribution in [3.63, 3.8) is 0 Å². The van der Waals surface area contributed by atoms with Crippen LogP contribution in [0.2, 0.25) is 0 Å². The molecule has 4 heteroatoms. The van der Waals surface area contributed by atoms with Crippen LogP contribution in [0.15, 0.2) is 53.0 Å². The van der Waals surface area contributed by atoms with Gasteiger partial charge in [-0.15, -0.1) is 0 Å². The Hall–Kier alpha value is -1.65. The van der Waals surface area contributed by atoms with Crippen molar-refractivity contribution in [2.45, 2.75) is 25.4 Å². The molecule has 2 aromatic carbocycles. The van der Waals surface area contributed by atoms with Crippen molar-refractivity contribution in [1.82, 2.24) is 4.90 Å². The summed E-state index contributed by atoms with van der Waals surface area (Å²) in [5.74, 6) is 0.0326. The number of nitrogens with zero attached hydrogens (tertiary/aromatic N) is 1. The molecule has 3 rings (SSSR count). The maximum atomic E-state index is 12.6. The number of halogens is 1. The van der Waals surface area contributed by atoms with Crippen molar-refractivity contribution < 1.29 is 4.79 Å². The molecule has 0 saturated heterocycles. The summed E-state index contributed by atoms with van der Waals surface area (Å²) in [4.78, 5) is 14.5. The third-order valence-corrected chi connectivity index (χ3v) is 4.89. The van der Waals surface area contributed by atoms with Crippen LogP contribution in [0.25, 0.3) is 0 Å². The van der Waals surface area contributed by atoms with E-state index in [-0.39, 0.29) is 5.91 Å². The van der Waals surface area contributed by atoms with Gasteiger partial charge in [-0.3, -0.25) is 4.79 Å². The molecule has 114 valence electrons. The normalized spacial score (nSPS) is 15.3. The third-order valence-electron chi connectivity index (χ3n) is 4.14. The van der Waals surface area contributed by atoms with Gasteiger partial charge >= 0.3 is 0 Å². The summed E-state index contributed by atoms with van der Waals surface area (Å²) in [6.07, 6.45) is 1.47. The van der Waals surface area contributed by atoms with E-state index in [4.69, 9.17) is 5.73 Å². The van der Waals surface area contributed by atoms with Crippen LogP contribution in [-0.4, -0.2) is 23.4 Å². The van der Waals surface area contributed by atoms with E-state index in [1.54, 1.807) is 0 Å². The first-order valence-electron chi connectivity index (χ1n) is 7.49. The highest BCUT2D eigenvalue weighted by molar-refractivity contribution is 9.10. The Balaban J connectivity index is 1.70. The highest BCUT2D eigenvalue weighted by atomic mass is 79.9. The zero-order chi connectivity index (χ0) is 15.5. The summed E-state index contributed by atoms with van der Waals surface area (Å²) in [7, 11) is 0. The number of benzene rings is 2. The van der Waals surface area contributed by atoms with E-state index in [0.29, 0.717) is 13.0 Å². The highest BCUT2D eigenvalue weighted by Gasteiger charge is 2.26. The van der Waals surface area contributed by atoms with Gasteiger partial charge in [-0.05, 0) is 35.6 Å². The molecule has 2 N–H and O–H groups in total. The first-order chi connectivity index (χ1) is 10.6. The Morgan fingerprint density at radius 2 is 1.95 bits per heavy atom. The Morgan fingerprint density at radius 1 is 1.18 bits per heavy atom. The number of nitrogens with two attached hydrogens (primary N) is 1. The van der Waals surface area contributed by atoms with E-state index in [1.165, 1.54) is 11.1 Å². The first kappa shape index (κ1) is 15.3. The number of carbonyl (C=O) groups excluding carboxylic acids is 1. The second kappa shape index (κ2) is 6.63. The molecule has 0 saturated carbocycles. The summed E-state index contributed by atoms with van der Waals surface area (Å²) < 4.78 is 1.07. The molecule has 0 radical (unpaired) electrons. The lowest BCUT2D eigenvalue weighted by molar-refractivity contribution is -0.133. The van der Waals surface area contributed by atoms with Crippen LogP contribution >= 0.6 is 15.9 Å². The number of rotatable bonds is 3.